The first-order valence-electron chi connectivity index (χ1n) is 8.80. The number of nitrogens with zero attached hydrogens (tertiary/aromatic N) is 3. The molecule has 0 saturated carbocycles. The Hall–Kier alpha value is -3.26. The predicted molar refractivity (Wildman–Crippen MR) is 99.6 cm³/mol. The SMILES string of the molecule is COc1ccc([C@@H]2Cn3nnc(C(=O)Nc4ccc(C)cc4F)c3CO2)cc1. The Morgan fingerprint density at radius 3 is 2.79 bits per heavy atom. The highest BCUT2D eigenvalue weighted by Crippen LogP contribution is 2.28. The van der Waals surface area contributed by atoms with Crippen LogP contribution in [0.25, 0.3) is 0 Å². The van der Waals surface area contributed by atoms with Crippen LogP contribution in [0.3, 0.4) is 0 Å². The number of carbonyl (C=O) groups excluding carboxylic acids is 1. The van der Waals surface area contributed by atoms with Crippen molar-refractivity contribution >= 4 is 11.6 Å². The first-order chi connectivity index (χ1) is 13.5. The number of hydrogen-bond donors (Lipinski definition) is 1. The van der Waals surface area contributed by atoms with Crippen molar-refractivity contribution in [3.63, 3.8) is 0 Å². The second-order valence-corrected chi connectivity index (χ2v) is 6.58. The molecule has 1 atom stereocenters. The third-order valence-corrected chi connectivity index (χ3v) is 4.67. The Morgan fingerprint density at radius 2 is 2.07 bits per heavy atom. The van der Waals surface area contributed by atoms with E-state index >= 15 is 0 Å². The third-order valence-electron chi connectivity index (χ3n) is 4.67. The van der Waals surface area contributed by atoms with Gasteiger partial charge in [0.2, 0.25) is 0 Å². The van der Waals surface area contributed by atoms with Gasteiger partial charge in [0.05, 0.1) is 31.6 Å². The van der Waals surface area contributed by atoms with Gasteiger partial charge in [0, 0.05) is 0 Å². The highest BCUT2D eigenvalue weighted by atomic mass is 19.1. The minimum Gasteiger partial charge on any atom is -0.497 e. The lowest BCUT2D eigenvalue weighted by atomic mass is 10.1. The molecule has 1 amide bonds. The van der Waals surface area contributed by atoms with Crippen LogP contribution in [-0.2, 0) is 17.9 Å². The second kappa shape index (κ2) is 7.40. The molecule has 1 aliphatic heterocycles. The van der Waals surface area contributed by atoms with E-state index in [-0.39, 0.29) is 24.1 Å². The van der Waals surface area contributed by atoms with Crippen LogP contribution in [-0.4, -0.2) is 28.0 Å². The summed E-state index contributed by atoms with van der Waals surface area (Å²) < 4.78 is 26.7. The maximum absolute atomic E-state index is 14.0. The largest absolute Gasteiger partial charge is 0.497 e. The van der Waals surface area contributed by atoms with Crippen molar-refractivity contribution in [2.75, 3.05) is 12.4 Å². The number of aromatic nitrogens is 3. The van der Waals surface area contributed by atoms with E-state index in [4.69, 9.17) is 9.47 Å². The fourth-order valence-corrected chi connectivity index (χ4v) is 3.11. The van der Waals surface area contributed by atoms with Crippen molar-refractivity contribution in [3.8, 4) is 5.75 Å². The summed E-state index contributed by atoms with van der Waals surface area (Å²) in [4.78, 5) is 12.5. The minimum absolute atomic E-state index is 0.102. The molecule has 8 heteroatoms. The number of anilines is 1. The third kappa shape index (κ3) is 3.46. The smallest absolute Gasteiger partial charge is 0.278 e. The Labute approximate surface area is 161 Å². The molecule has 0 radical (unpaired) electrons. The van der Waals surface area contributed by atoms with Crippen LogP contribution in [0.5, 0.6) is 5.75 Å². The van der Waals surface area contributed by atoms with Gasteiger partial charge in [-0.05, 0) is 42.3 Å². The summed E-state index contributed by atoms with van der Waals surface area (Å²) in [5.74, 6) is -0.246. The quantitative estimate of drug-likeness (QED) is 0.749. The molecule has 144 valence electrons. The average molecular weight is 382 g/mol. The molecule has 1 aromatic heterocycles. The lowest BCUT2D eigenvalue weighted by Crippen LogP contribution is -2.24. The summed E-state index contributed by atoms with van der Waals surface area (Å²) >= 11 is 0. The van der Waals surface area contributed by atoms with E-state index in [1.54, 1.807) is 24.8 Å². The molecule has 0 aliphatic carbocycles. The van der Waals surface area contributed by atoms with Crippen LogP contribution < -0.4 is 10.1 Å². The maximum atomic E-state index is 14.0. The van der Waals surface area contributed by atoms with Gasteiger partial charge >= 0.3 is 0 Å². The molecule has 0 unspecified atom stereocenters. The summed E-state index contributed by atoms with van der Waals surface area (Å²) in [5, 5.41) is 10.6. The van der Waals surface area contributed by atoms with E-state index in [2.05, 4.69) is 15.6 Å². The van der Waals surface area contributed by atoms with Gasteiger partial charge in [-0.3, -0.25) is 4.79 Å². The normalized spacial score (nSPS) is 15.8. The summed E-state index contributed by atoms with van der Waals surface area (Å²) in [7, 11) is 1.61. The standard InChI is InChI=1S/C20H19FN4O3/c1-12-3-8-16(15(21)9-12)22-20(26)19-17-11-28-18(10-25(17)24-23-19)13-4-6-14(27-2)7-5-13/h3-9,18H,10-11H2,1-2H3,(H,22,26)/t18-/m0/s1. The number of carbonyl (C=O) groups is 1. The molecule has 4 rings (SSSR count). The van der Waals surface area contributed by atoms with Crippen molar-refractivity contribution in [2.24, 2.45) is 0 Å². The molecule has 0 saturated heterocycles. The zero-order valence-corrected chi connectivity index (χ0v) is 15.5. The second-order valence-electron chi connectivity index (χ2n) is 6.58. The minimum atomic E-state index is -0.518. The van der Waals surface area contributed by atoms with Crippen LogP contribution in [0.1, 0.15) is 33.4 Å². The summed E-state index contributed by atoms with van der Waals surface area (Å²) in [5.41, 5.74) is 2.55. The van der Waals surface area contributed by atoms with Crippen molar-refractivity contribution in [1.82, 2.24) is 15.0 Å². The van der Waals surface area contributed by atoms with E-state index < -0.39 is 11.7 Å². The Morgan fingerprint density at radius 1 is 1.29 bits per heavy atom. The van der Waals surface area contributed by atoms with Crippen molar-refractivity contribution in [3.05, 3.63) is 70.8 Å². The van der Waals surface area contributed by atoms with E-state index in [0.29, 0.717) is 12.2 Å². The van der Waals surface area contributed by atoms with Gasteiger partial charge in [0.15, 0.2) is 5.69 Å². The highest BCUT2D eigenvalue weighted by Gasteiger charge is 2.28. The summed E-state index contributed by atoms with van der Waals surface area (Å²) in [6, 6.07) is 12.2. The first-order valence-corrected chi connectivity index (χ1v) is 8.80. The van der Waals surface area contributed by atoms with Crippen LogP contribution >= 0.6 is 0 Å². The van der Waals surface area contributed by atoms with Crippen LogP contribution in [0, 0.1) is 12.7 Å². The van der Waals surface area contributed by atoms with Gasteiger partial charge in [-0.15, -0.1) is 5.10 Å². The van der Waals surface area contributed by atoms with Gasteiger partial charge in [-0.1, -0.05) is 23.4 Å². The topological polar surface area (TPSA) is 78.3 Å². The van der Waals surface area contributed by atoms with Crippen LogP contribution in [0.4, 0.5) is 10.1 Å². The van der Waals surface area contributed by atoms with Crippen molar-refractivity contribution in [1.29, 1.82) is 0 Å². The molecule has 0 spiro atoms. The van der Waals surface area contributed by atoms with Gasteiger partial charge in [-0.2, -0.15) is 0 Å². The number of aryl methyl sites for hydroxylation is 1. The lowest BCUT2D eigenvalue weighted by molar-refractivity contribution is -0.00173. The van der Waals surface area contributed by atoms with Crippen LogP contribution in [0.15, 0.2) is 42.5 Å². The molecule has 7 nitrogen and oxygen atoms in total. The molecule has 28 heavy (non-hydrogen) atoms. The molecule has 1 N–H and O–H groups in total. The number of methoxy groups -OCH3 is 1. The zero-order chi connectivity index (χ0) is 19.7. The van der Waals surface area contributed by atoms with Crippen molar-refractivity contribution < 1.29 is 18.7 Å². The Bertz CT molecular complexity index is 1020. The zero-order valence-electron chi connectivity index (χ0n) is 15.5. The van der Waals surface area contributed by atoms with E-state index in [1.807, 2.05) is 24.3 Å². The number of hydrogen-bond acceptors (Lipinski definition) is 5. The van der Waals surface area contributed by atoms with E-state index in [0.717, 1.165) is 16.9 Å². The average Bonchev–Trinajstić information content (AvgIpc) is 3.13. The fraction of sp³-hybridized carbons (Fsp3) is 0.250. The summed E-state index contributed by atoms with van der Waals surface area (Å²) in [6.07, 6.45) is -0.203. The predicted octanol–water partition coefficient (Wildman–Crippen LogP) is 3.26. The molecular weight excluding hydrogens is 363 g/mol. The number of rotatable bonds is 4. The molecule has 1 aliphatic rings. The summed E-state index contributed by atoms with van der Waals surface area (Å²) in [6.45, 7) is 2.39. The Kier molecular flexibility index (Phi) is 4.79. The fourth-order valence-electron chi connectivity index (χ4n) is 3.11. The van der Waals surface area contributed by atoms with E-state index in [9.17, 15) is 9.18 Å². The van der Waals surface area contributed by atoms with Gasteiger partial charge in [0.1, 0.15) is 17.7 Å². The maximum Gasteiger partial charge on any atom is 0.278 e. The number of benzene rings is 2. The van der Waals surface area contributed by atoms with Crippen LogP contribution in [0.2, 0.25) is 0 Å². The molecule has 0 bridgehead atoms. The first kappa shape index (κ1) is 18.1. The Balaban J connectivity index is 1.50. The molecule has 2 heterocycles. The number of ether oxygens (including phenoxy) is 2. The number of nitrogens with one attached hydrogen (secondary N) is 1. The van der Waals surface area contributed by atoms with E-state index in [1.165, 1.54) is 12.1 Å². The lowest BCUT2D eigenvalue weighted by Gasteiger charge is -2.24. The highest BCUT2D eigenvalue weighted by molar-refractivity contribution is 6.03. The van der Waals surface area contributed by atoms with Gasteiger partial charge < -0.3 is 14.8 Å². The number of amides is 1. The molecular formula is C20H19FN4O3. The van der Waals surface area contributed by atoms with Gasteiger partial charge in [0.25, 0.3) is 5.91 Å². The van der Waals surface area contributed by atoms with Crippen molar-refractivity contribution in [2.45, 2.75) is 26.2 Å². The number of fused-ring (bicyclic) bond motifs is 1. The van der Waals surface area contributed by atoms with Gasteiger partial charge in [-0.25, -0.2) is 9.07 Å². The molecule has 0 fully saturated rings. The molecule has 3 aromatic rings. The molecule has 2 aromatic carbocycles. The number of halogens is 1. The monoisotopic (exact) mass is 382 g/mol.